The van der Waals surface area contributed by atoms with Crippen molar-refractivity contribution in [1.29, 1.82) is 0 Å². The second-order valence-corrected chi connectivity index (χ2v) is 5.68. The van der Waals surface area contributed by atoms with E-state index in [9.17, 15) is 0 Å². The molecular formula is C14H23N3. The summed E-state index contributed by atoms with van der Waals surface area (Å²) in [4.78, 5) is 0. The van der Waals surface area contributed by atoms with Crippen molar-refractivity contribution in [1.82, 2.24) is 15.1 Å². The first kappa shape index (κ1) is 11.3. The number of piperidine rings is 1. The quantitative estimate of drug-likeness (QED) is 0.869. The molecule has 1 saturated carbocycles. The van der Waals surface area contributed by atoms with Crippen LogP contribution < -0.4 is 5.32 Å². The Kier molecular flexibility index (Phi) is 3.46. The third-order valence-electron chi connectivity index (χ3n) is 4.28. The molecule has 2 aliphatic rings. The zero-order valence-electron chi connectivity index (χ0n) is 10.6. The number of aromatic nitrogens is 2. The largest absolute Gasteiger partial charge is 0.316 e. The average molecular weight is 233 g/mol. The smallest absolute Gasteiger partial charge is 0.0521 e. The van der Waals surface area contributed by atoms with Crippen LogP contribution in [0.2, 0.25) is 0 Å². The zero-order chi connectivity index (χ0) is 11.5. The summed E-state index contributed by atoms with van der Waals surface area (Å²) in [6.07, 6.45) is 13.7. The van der Waals surface area contributed by atoms with E-state index in [-0.39, 0.29) is 0 Å². The Balaban J connectivity index is 1.59. The summed E-state index contributed by atoms with van der Waals surface area (Å²) in [6.45, 7) is 2.40. The first-order valence-corrected chi connectivity index (χ1v) is 7.15. The molecule has 2 heterocycles. The van der Waals surface area contributed by atoms with Gasteiger partial charge in [-0.25, -0.2) is 0 Å². The number of hydrogen-bond donors (Lipinski definition) is 1. The fourth-order valence-corrected chi connectivity index (χ4v) is 3.28. The molecule has 1 saturated heterocycles. The van der Waals surface area contributed by atoms with E-state index in [0.29, 0.717) is 6.04 Å². The molecule has 0 spiro atoms. The van der Waals surface area contributed by atoms with Crippen LogP contribution in [0.1, 0.15) is 50.1 Å². The van der Waals surface area contributed by atoms with E-state index < -0.39 is 0 Å². The maximum Gasteiger partial charge on any atom is 0.0521 e. The van der Waals surface area contributed by atoms with Crippen molar-refractivity contribution < 1.29 is 0 Å². The SMILES string of the molecule is c1nn(C2CCCC2)cc1CC1CCCNC1. The molecule has 0 bridgehead atoms. The Labute approximate surface area is 104 Å². The molecule has 3 rings (SSSR count). The Morgan fingerprint density at radius 1 is 1.24 bits per heavy atom. The summed E-state index contributed by atoms with van der Waals surface area (Å²) in [5, 5.41) is 8.05. The van der Waals surface area contributed by atoms with Crippen LogP contribution in [0.3, 0.4) is 0 Å². The molecule has 17 heavy (non-hydrogen) atoms. The van der Waals surface area contributed by atoms with E-state index in [4.69, 9.17) is 0 Å². The van der Waals surface area contributed by atoms with Gasteiger partial charge in [0.2, 0.25) is 0 Å². The van der Waals surface area contributed by atoms with Crippen LogP contribution in [0.4, 0.5) is 0 Å². The molecule has 0 amide bonds. The third kappa shape index (κ3) is 2.71. The monoisotopic (exact) mass is 233 g/mol. The third-order valence-corrected chi connectivity index (χ3v) is 4.28. The molecule has 3 heteroatoms. The van der Waals surface area contributed by atoms with Crippen molar-refractivity contribution in [3.63, 3.8) is 0 Å². The summed E-state index contributed by atoms with van der Waals surface area (Å²) in [6, 6.07) is 0.688. The highest BCUT2D eigenvalue weighted by Crippen LogP contribution is 2.29. The summed E-state index contributed by atoms with van der Waals surface area (Å²) < 4.78 is 2.22. The van der Waals surface area contributed by atoms with Crippen LogP contribution in [0, 0.1) is 5.92 Å². The maximum atomic E-state index is 4.56. The maximum absolute atomic E-state index is 4.56. The molecular weight excluding hydrogens is 210 g/mol. The van der Waals surface area contributed by atoms with Crippen molar-refractivity contribution in [2.75, 3.05) is 13.1 Å². The lowest BCUT2D eigenvalue weighted by Gasteiger charge is -2.21. The van der Waals surface area contributed by atoms with Gasteiger partial charge in [-0.3, -0.25) is 4.68 Å². The summed E-state index contributed by atoms with van der Waals surface area (Å²) >= 11 is 0. The van der Waals surface area contributed by atoms with E-state index in [2.05, 4.69) is 27.5 Å². The van der Waals surface area contributed by atoms with Crippen LogP contribution in [-0.4, -0.2) is 22.9 Å². The van der Waals surface area contributed by atoms with Crippen LogP contribution >= 0.6 is 0 Å². The lowest BCUT2D eigenvalue weighted by molar-refractivity contribution is 0.375. The highest BCUT2D eigenvalue weighted by Gasteiger charge is 2.19. The van der Waals surface area contributed by atoms with Crippen LogP contribution in [0.15, 0.2) is 12.4 Å². The highest BCUT2D eigenvalue weighted by molar-refractivity contribution is 5.06. The topological polar surface area (TPSA) is 29.9 Å². The van der Waals surface area contributed by atoms with Crippen LogP contribution in [-0.2, 0) is 6.42 Å². The van der Waals surface area contributed by atoms with Gasteiger partial charge in [0.25, 0.3) is 0 Å². The van der Waals surface area contributed by atoms with Gasteiger partial charge >= 0.3 is 0 Å². The van der Waals surface area contributed by atoms with E-state index in [1.165, 1.54) is 63.6 Å². The van der Waals surface area contributed by atoms with Crippen molar-refractivity contribution in [3.8, 4) is 0 Å². The summed E-state index contributed by atoms with van der Waals surface area (Å²) in [5.74, 6) is 0.824. The number of nitrogens with zero attached hydrogens (tertiary/aromatic N) is 2. The second-order valence-electron chi connectivity index (χ2n) is 5.68. The van der Waals surface area contributed by atoms with Gasteiger partial charge in [0, 0.05) is 6.20 Å². The lowest BCUT2D eigenvalue weighted by atomic mass is 9.94. The van der Waals surface area contributed by atoms with Crippen molar-refractivity contribution in [2.45, 2.75) is 51.0 Å². The molecule has 1 atom stereocenters. The van der Waals surface area contributed by atoms with Gasteiger partial charge in [0.15, 0.2) is 0 Å². The molecule has 1 aromatic rings. The van der Waals surface area contributed by atoms with Gasteiger partial charge in [-0.05, 0) is 56.7 Å². The molecule has 94 valence electrons. The normalized spacial score (nSPS) is 26.5. The Bertz CT molecular complexity index is 346. The molecule has 0 radical (unpaired) electrons. The molecule has 1 unspecified atom stereocenters. The van der Waals surface area contributed by atoms with Gasteiger partial charge < -0.3 is 5.32 Å². The fourth-order valence-electron chi connectivity index (χ4n) is 3.28. The van der Waals surface area contributed by atoms with E-state index in [0.717, 1.165) is 5.92 Å². The first-order chi connectivity index (χ1) is 8.42. The molecule has 3 nitrogen and oxygen atoms in total. The standard InChI is InChI=1S/C14H23N3/c1-2-6-14(5-1)17-11-13(10-16-17)8-12-4-3-7-15-9-12/h10-12,14-15H,1-9H2. The van der Waals surface area contributed by atoms with Crippen molar-refractivity contribution in [2.24, 2.45) is 5.92 Å². The number of rotatable bonds is 3. The molecule has 1 aliphatic heterocycles. The fraction of sp³-hybridized carbons (Fsp3) is 0.786. The lowest BCUT2D eigenvalue weighted by Crippen LogP contribution is -2.30. The Hall–Kier alpha value is -0.830. The minimum Gasteiger partial charge on any atom is -0.316 e. The first-order valence-electron chi connectivity index (χ1n) is 7.15. The van der Waals surface area contributed by atoms with E-state index >= 15 is 0 Å². The average Bonchev–Trinajstić information content (AvgIpc) is 3.00. The van der Waals surface area contributed by atoms with Gasteiger partial charge in [0.1, 0.15) is 0 Å². The summed E-state index contributed by atoms with van der Waals surface area (Å²) in [5.41, 5.74) is 1.44. The summed E-state index contributed by atoms with van der Waals surface area (Å²) in [7, 11) is 0. The predicted octanol–water partition coefficient (Wildman–Crippen LogP) is 2.54. The Morgan fingerprint density at radius 2 is 2.12 bits per heavy atom. The van der Waals surface area contributed by atoms with Crippen LogP contribution in [0.5, 0.6) is 0 Å². The van der Waals surface area contributed by atoms with E-state index in [1.54, 1.807) is 0 Å². The number of hydrogen-bond acceptors (Lipinski definition) is 2. The van der Waals surface area contributed by atoms with Crippen molar-refractivity contribution >= 4 is 0 Å². The minimum atomic E-state index is 0.688. The van der Waals surface area contributed by atoms with Gasteiger partial charge in [-0.2, -0.15) is 5.10 Å². The minimum absolute atomic E-state index is 0.688. The molecule has 1 N–H and O–H groups in total. The van der Waals surface area contributed by atoms with Crippen LogP contribution in [0.25, 0.3) is 0 Å². The zero-order valence-corrected chi connectivity index (χ0v) is 10.6. The molecule has 1 aliphatic carbocycles. The van der Waals surface area contributed by atoms with Crippen molar-refractivity contribution in [3.05, 3.63) is 18.0 Å². The molecule has 0 aromatic carbocycles. The highest BCUT2D eigenvalue weighted by atomic mass is 15.3. The molecule has 2 fully saturated rings. The van der Waals surface area contributed by atoms with Gasteiger partial charge in [0.05, 0.1) is 12.2 Å². The van der Waals surface area contributed by atoms with Gasteiger partial charge in [-0.1, -0.05) is 12.8 Å². The number of nitrogens with one attached hydrogen (secondary N) is 1. The second kappa shape index (κ2) is 5.21. The Morgan fingerprint density at radius 3 is 2.88 bits per heavy atom. The molecule has 1 aromatic heterocycles. The van der Waals surface area contributed by atoms with Gasteiger partial charge in [-0.15, -0.1) is 0 Å². The predicted molar refractivity (Wildman–Crippen MR) is 69.0 cm³/mol. The van der Waals surface area contributed by atoms with E-state index in [1.807, 2.05) is 0 Å².